The van der Waals surface area contributed by atoms with Crippen LogP contribution < -0.4 is 15.2 Å². The van der Waals surface area contributed by atoms with Crippen LogP contribution in [0.1, 0.15) is 0 Å². The largest absolute Gasteiger partial charge is 0.490 e. The predicted molar refractivity (Wildman–Crippen MR) is 68.2 cm³/mol. The van der Waals surface area contributed by atoms with Crippen molar-refractivity contribution in [3.63, 3.8) is 0 Å². The van der Waals surface area contributed by atoms with E-state index in [1.54, 1.807) is 24.3 Å². The lowest BCUT2D eigenvalue weighted by Crippen LogP contribution is -2.09. The van der Waals surface area contributed by atoms with Crippen LogP contribution >= 0.6 is 0 Å². The van der Waals surface area contributed by atoms with Gasteiger partial charge in [0.25, 0.3) is 0 Å². The van der Waals surface area contributed by atoms with E-state index in [-0.39, 0.29) is 19.0 Å². The molecule has 0 fully saturated rings. The molecule has 0 aliphatic heterocycles. The Kier molecular flexibility index (Phi) is 4.18. The zero-order valence-electron chi connectivity index (χ0n) is 10.1. The normalized spacial score (nSPS) is 10.2. The first-order valence-electron chi connectivity index (χ1n) is 5.71. The van der Waals surface area contributed by atoms with E-state index in [0.717, 1.165) is 12.1 Å². The zero-order chi connectivity index (χ0) is 13.7. The maximum atomic E-state index is 13.2. The molecule has 0 unspecified atom stereocenters. The number of anilines is 1. The molecule has 0 bridgehead atoms. The molecule has 2 aromatic carbocycles. The van der Waals surface area contributed by atoms with Crippen LogP contribution in [0.15, 0.2) is 42.5 Å². The summed E-state index contributed by atoms with van der Waals surface area (Å²) in [7, 11) is 0. The maximum Gasteiger partial charge on any atom is 0.167 e. The van der Waals surface area contributed by atoms with Crippen molar-refractivity contribution in [2.45, 2.75) is 0 Å². The SMILES string of the molecule is Nc1cccc(OCCOc2ccc(F)cc2F)c1. The van der Waals surface area contributed by atoms with Gasteiger partial charge in [0.05, 0.1) is 0 Å². The molecule has 3 nitrogen and oxygen atoms in total. The van der Waals surface area contributed by atoms with Gasteiger partial charge in [-0.15, -0.1) is 0 Å². The van der Waals surface area contributed by atoms with Crippen molar-refractivity contribution in [1.29, 1.82) is 0 Å². The van der Waals surface area contributed by atoms with Gasteiger partial charge in [0.1, 0.15) is 24.8 Å². The van der Waals surface area contributed by atoms with E-state index in [2.05, 4.69) is 0 Å². The first-order valence-corrected chi connectivity index (χ1v) is 5.71. The van der Waals surface area contributed by atoms with Crippen LogP contribution in [-0.2, 0) is 0 Å². The van der Waals surface area contributed by atoms with Crippen LogP contribution in [0.2, 0.25) is 0 Å². The highest BCUT2D eigenvalue weighted by molar-refractivity contribution is 5.43. The summed E-state index contributed by atoms with van der Waals surface area (Å²) >= 11 is 0. The molecule has 0 aliphatic rings. The molecule has 0 saturated carbocycles. The summed E-state index contributed by atoms with van der Waals surface area (Å²) in [6.45, 7) is 0.387. The van der Waals surface area contributed by atoms with Crippen molar-refractivity contribution >= 4 is 5.69 Å². The molecule has 0 saturated heterocycles. The van der Waals surface area contributed by atoms with Gasteiger partial charge in [0.2, 0.25) is 0 Å². The molecule has 100 valence electrons. The lowest BCUT2D eigenvalue weighted by Gasteiger charge is -2.09. The second kappa shape index (κ2) is 6.04. The van der Waals surface area contributed by atoms with Crippen molar-refractivity contribution in [2.24, 2.45) is 0 Å². The molecule has 2 aromatic rings. The minimum Gasteiger partial charge on any atom is -0.490 e. The molecule has 0 amide bonds. The van der Waals surface area contributed by atoms with E-state index >= 15 is 0 Å². The third kappa shape index (κ3) is 3.84. The highest BCUT2D eigenvalue weighted by atomic mass is 19.1. The van der Waals surface area contributed by atoms with E-state index in [1.807, 2.05) is 0 Å². The Labute approximate surface area is 109 Å². The number of halogens is 2. The zero-order valence-corrected chi connectivity index (χ0v) is 10.1. The van der Waals surface area contributed by atoms with Crippen molar-refractivity contribution in [3.8, 4) is 11.5 Å². The van der Waals surface area contributed by atoms with E-state index < -0.39 is 11.6 Å². The number of hydrogen-bond donors (Lipinski definition) is 1. The first-order chi connectivity index (χ1) is 9.15. The number of hydrogen-bond acceptors (Lipinski definition) is 3. The Hall–Kier alpha value is -2.30. The third-order valence-electron chi connectivity index (χ3n) is 2.36. The molecule has 2 rings (SSSR count). The Balaban J connectivity index is 1.81. The molecule has 2 N–H and O–H groups in total. The summed E-state index contributed by atoms with van der Waals surface area (Å²) in [5.74, 6) is -0.759. The molecular weight excluding hydrogens is 252 g/mol. The lowest BCUT2D eigenvalue weighted by molar-refractivity contribution is 0.211. The molecule has 0 radical (unpaired) electrons. The van der Waals surface area contributed by atoms with E-state index in [0.29, 0.717) is 11.4 Å². The molecule has 0 heterocycles. The van der Waals surface area contributed by atoms with Gasteiger partial charge in [-0.1, -0.05) is 6.07 Å². The highest BCUT2D eigenvalue weighted by Gasteiger charge is 2.04. The summed E-state index contributed by atoms with van der Waals surface area (Å²) in [5.41, 5.74) is 6.19. The Morgan fingerprint density at radius 2 is 1.74 bits per heavy atom. The second-order valence-electron chi connectivity index (χ2n) is 3.84. The number of benzene rings is 2. The Morgan fingerprint density at radius 3 is 2.47 bits per heavy atom. The number of ether oxygens (including phenoxy) is 2. The van der Waals surface area contributed by atoms with E-state index in [1.165, 1.54) is 6.07 Å². The molecule has 0 aliphatic carbocycles. The molecule has 0 atom stereocenters. The van der Waals surface area contributed by atoms with Gasteiger partial charge < -0.3 is 15.2 Å². The molecule has 19 heavy (non-hydrogen) atoms. The van der Waals surface area contributed by atoms with Crippen molar-refractivity contribution < 1.29 is 18.3 Å². The quantitative estimate of drug-likeness (QED) is 0.667. The summed E-state index contributed by atoms with van der Waals surface area (Å²) in [6.07, 6.45) is 0. The average molecular weight is 265 g/mol. The van der Waals surface area contributed by atoms with Crippen LogP contribution in [0.25, 0.3) is 0 Å². The fourth-order valence-corrected chi connectivity index (χ4v) is 1.51. The summed E-state index contributed by atoms with van der Waals surface area (Å²) < 4.78 is 36.4. The van der Waals surface area contributed by atoms with Gasteiger partial charge in [0.15, 0.2) is 11.6 Å². The van der Waals surface area contributed by atoms with E-state index in [9.17, 15) is 8.78 Å². The average Bonchev–Trinajstić information content (AvgIpc) is 2.37. The minimum absolute atomic E-state index is 0.00224. The summed E-state index contributed by atoms with van der Waals surface area (Å²) in [6, 6.07) is 10.1. The number of nitrogen functional groups attached to an aromatic ring is 1. The lowest BCUT2D eigenvalue weighted by atomic mass is 10.3. The van der Waals surface area contributed by atoms with Gasteiger partial charge in [-0.2, -0.15) is 0 Å². The molecule has 0 aromatic heterocycles. The monoisotopic (exact) mass is 265 g/mol. The topological polar surface area (TPSA) is 44.5 Å². The fraction of sp³-hybridized carbons (Fsp3) is 0.143. The van der Waals surface area contributed by atoms with Crippen LogP contribution in [0, 0.1) is 11.6 Å². The van der Waals surface area contributed by atoms with Crippen LogP contribution in [-0.4, -0.2) is 13.2 Å². The smallest absolute Gasteiger partial charge is 0.167 e. The van der Waals surface area contributed by atoms with Crippen molar-refractivity contribution in [2.75, 3.05) is 18.9 Å². The van der Waals surface area contributed by atoms with Crippen LogP contribution in [0.3, 0.4) is 0 Å². The second-order valence-corrected chi connectivity index (χ2v) is 3.84. The summed E-state index contributed by atoms with van der Waals surface area (Å²) in [5, 5.41) is 0. The number of nitrogens with two attached hydrogens (primary N) is 1. The van der Waals surface area contributed by atoms with Gasteiger partial charge in [-0.25, -0.2) is 8.78 Å². The maximum absolute atomic E-state index is 13.2. The Bertz CT molecular complexity index is 561. The standard InChI is InChI=1S/C14H13F2NO2/c15-10-4-5-14(13(16)8-10)19-7-6-18-12-3-1-2-11(17)9-12/h1-5,8-9H,6-7,17H2. The molecule has 0 spiro atoms. The molecule has 5 heteroatoms. The first kappa shape index (κ1) is 13.1. The molecular formula is C14H13F2NO2. The highest BCUT2D eigenvalue weighted by Crippen LogP contribution is 2.18. The van der Waals surface area contributed by atoms with Crippen LogP contribution in [0.5, 0.6) is 11.5 Å². The van der Waals surface area contributed by atoms with Gasteiger partial charge in [-0.3, -0.25) is 0 Å². The van der Waals surface area contributed by atoms with E-state index in [4.69, 9.17) is 15.2 Å². The van der Waals surface area contributed by atoms with Crippen LogP contribution in [0.4, 0.5) is 14.5 Å². The van der Waals surface area contributed by atoms with Gasteiger partial charge in [-0.05, 0) is 24.3 Å². The predicted octanol–water partition coefficient (Wildman–Crippen LogP) is 3.00. The number of rotatable bonds is 5. The summed E-state index contributed by atoms with van der Waals surface area (Å²) in [4.78, 5) is 0. The third-order valence-corrected chi connectivity index (χ3v) is 2.36. The Morgan fingerprint density at radius 1 is 0.947 bits per heavy atom. The minimum atomic E-state index is -0.732. The van der Waals surface area contributed by atoms with Gasteiger partial charge in [0, 0.05) is 17.8 Å². The fourth-order valence-electron chi connectivity index (χ4n) is 1.51. The van der Waals surface area contributed by atoms with Crippen molar-refractivity contribution in [3.05, 3.63) is 54.1 Å². The van der Waals surface area contributed by atoms with Crippen molar-refractivity contribution in [1.82, 2.24) is 0 Å². The van der Waals surface area contributed by atoms with Gasteiger partial charge >= 0.3 is 0 Å².